The number of benzene rings is 2. The van der Waals surface area contributed by atoms with Crippen molar-refractivity contribution in [2.45, 2.75) is 51.0 Å². The lowest BCUT2D eigenvalue weighted by molar-refractivity contribution is -0.0572. The van der Waals surface area contributed by atoms with Gasteiger partial charge in [-0.2, -0.15) is 10.2 Å². The molecule has 236 valence electrons. The molecule has 0 bridgehead atoms. The van der Waals surface area contributed by atoms with E-state index in [1.807, 2.05) is 32.3 Å². The first-order valence-corrected chi connectivity index (χ1v) is 15.2. The van der Waals surface area contributed by atoms with Gasteiger partial charge in [0.25, 0.3) is 0 Å². The van der Waals surface area contributed by atoms with E-state index in [2.05, 4.69) is 26.6 Å². The van der Waals surface area contributed by atoms with Gasteiger partial charge in [0.1, 0.15) is 24.1 Å². The van der Waals surface area contributed by atoms with Crippen molar-refractivity contribution in [1.82, 2.24) is 14.8 Å². The number of amidine groups is 1. The molecule has 3 heterocycles. The molecule has 2 aromatic carbocycles. The lowest BCUT2D eigenvalue weighted by Gasteiger charge is -2.36. The van der Waals surface area contributed by atoms with Gasteiger partial charge in [-0.05, 0) is 68.7 Å². The predicted octanol–water partition coefficient (Wildman–Crippen LogP) is 5.11. The van der Waals surface area contributed by atoms with Gasteiger partial charge in [0.15, 0.2) is 0 Å². The Morgan fingerprint density at radius 3 is 2.60 bits per heavy atom. The van der Waals surface area contributed by atoms with Gasteiger partial charge in [-0.15, -0.1) is 0 Å². The molecule has 0 saturated carbocycles. The highest BCUT2D eigenvalue weighted by Gasteiger charge is 2.33. The van der Waals surface area contributed by atoms with Gasteiger partial charge in [0.2, 0.25) is 5.88 Å². The number of hydrogen-bond acceptors (Lipinski definition) is 8. The zero-order chi connectivity index (χ0) is 31.9. The van der Waals surface area contributed by atoms with Crippen molar-refractivity contribution < 1.29 is 23.8 Å². The number of pyridine rings is 1. The molecule has 45 heavy (non-hydrogen) atoms. The summed E-state index contributed by atoms with van der Waals surface area (Å²) in [6, 6.07) is 19.0. The standard InChI is InChI=1S/C34H39FN6O4/c1-23-7-14-28(19-39(2)31-5-4-6-33(38-31)45-22-26-9-8-24(18-36)17-30(26)35)41(23)21-32(40(3)20-29-15-16-44-29)37-27-12-10-25(11-13-27)34(42)43/h4-6,8-13,17,23,28-29H,7,14-16,19-22H2,1-3H3,(H,42,43). The second-order valence-electron chi connectivity index (χ2n) is 11.7. The number of nitrogens with zero attached hydrogens (tertiary/aromatic N) is 6. The van der Waals surface area contributed by atoms with E-state index in [1.165, 1.54) is 6.07 Å². The summed E-state index contributed by atoms with van der Waals surface area (Å²) in [7, 11) is 4.04. The van der Waals surface area contributed by atoms with Crippen LogP contribution in [0.25, 0.3) is 0 Å². The smallest absolute Gasteiger partial charge is 0.335 e. The van der Waals surface area contributed by atoms with Crippen LogP contribution >= 0.6 is 0 Å². The average molecular weight is 615 g/mol. The minimum atomic E-state index is -0.963. The van der Waals surface area contributed by atoms with Gasteiger partial charge < -0.3 is 24.4 Å². The lowest BCUT2D eigenvalue weighted by Crippen LogP contribution is -2.49. The molecule has 10 nitrogen and oxygen atoms in total. The molecule has 1 aromatic heterocycles. The van der Waals surface area contributed by atoms with Crippen LogP contribution in [-0.4, -0.2) is 90.2 Å². The highest BCUT2D eigenvalue weighted by atomic mass is 19.1. The minimum Gasteiger partial charge on any atom is -0.478 e. The summed E-state index contributed by atoms with van der Waals surface area (Å²) in [6.45, 7) is 5.14. The van der Waals surface area contributed by atoms with Crippen molar-refractivity contribution in [1.29, 1.82) is 5.26 Å². The van der Waals surface area contributed by atoms with Gasteiger partial charge in [0, 0.05) is 57.5 Å². The van der Waals surface area contributed by atoms with Crippen molar-refractivity contribution in [2.24, 2.45) is 4.99 Å². The minimum absolute atomic E-state index is 0.00614. The fourth-order valence-corrected chi connectivity index (χ4v) is 5.67. The monoisotopic (exact) mass is 614 g/mol. The van der Waals surface area contributed by atoms with E-state index in [-0.39, 0.29) is 29.9 Å². The van der Waals surface area contributed by atoms with E-state index >= 15 is 0 Å². The van der Waals surface area contributed by atoms with E-state index in [1.54, 1.807) is 42.5 Å². The Bertz CT molecular complexity index is 1550. The first kappa shape index (κ1) is 31.9. The molecule has 3 atom stereocenters. The molecule has 3 unspecified atom stereocenters. The molecule has 0 radical (unpaired) electrons. The average Bonchev–Trinajstić information content (AvgIpc) is 3.36. The van der Waals surface area contributed by atoms with Crippen molar-refractivity contribution >= 4 is 23.3 Å². The number of aromatic carboxylic acids is 1. The first-order chi connectivity index (χ1) is 21.7. The number of aliphatic imine (C=N–C) groups is 1. The Morgan fingerprint density at radius 1 is 1.16 bits per heavy atom. The summed E-state index contributed by atoms with van der Waals surface area (Å²) >= 11 is 0. The number of rotatable bonds is 12. The fraction of sp³-hybridized carbons (Fsp3) is 0.412. The third kappa shape index (κ3) is 8.15. The van der Waals surface area contributed by atoms with Crippen LogP contribution in [0, 0.1) is 17.1 Å². The number of hydrogen-bond donors (Lipinski definition) is 1. The number of likely N-dealkylation sites (N-methyl/N-ethyl adjacent to an activating group) is 2. The molecule has 2 aliphatic rings. The van der Waals surface area contributed by atoms with Crippen LogP contribution in [-0.2, 0) is 11.3 Å². The van der Waals surface area contributed by atoms with Crippen molar-refractivity contribution in [3.8, 4) is 11.9 Å². The molecular formula is C34H39FN6O4. The number of ether oxygens (including phenoxy) is 2. The molecule has 0 aliphatic carbocycles. The van der Waals surface area contributed by atoms with Crippen molar-refractivity contribution in [3.05, 3.63) is 83.2 Å². The summed E-state index contributed by atoms with van der Waals surface area (Å²) in [5, 5.41) is 18.3. The molecule has 5 rings (SSSR count). The van der Waals surface area contributed by atoms with Crippen LogP contribution in [0.15, 0.2) is 65.7 Å². The number of aromatic nitrogens is 1. The first-order valence-electron chi connectivity index (χ1n) is 15.2. The third-order valence-corrected chi connectivity index (χ3v) is 8.50. The van der Waals surface area contributed by atoms with Crippen LogP contribution in [0.5, 0.6) is 5.88 Å². The summed E-state index contributed by atoms with van der Waals surface area (Å²) in [5.41, 5.74) is 1.56. The highest BCUT2D eigenvalue weighted by Crippen LogP contribution is 2.27. The number of carboxylic acids is 1. The van der Waals surface area contributed by atoms with Crippen LogP contribution in [0.4, 0.5) is 15.9 Å². The topological polar surface area (TPSA) is 115 Å². The normalized spacial score (nSPS) is 19.9. The Hall–Kier alpha value is -4.53. The largest absolute Gasteiger partial charge is 0.478 e. The van der Waals surface area contributed by atoms with E-state index in [0.29, 0.717) is 29.7 Å². The van der Waals surface area contributed by atoms with Crippen LogP contribution in [0.3, 0.4) is 0 Å². The summed E-state index contributed by atoms with van der Waals surface area (Å²) in [5.74, 6) is 0.596. The lowest BCUT2D eigenvalue weighted by atomic mass is 10.1. The zero-order valence-corrected chi connectivity index (χ0v) is 25.9. The Labute approximate surface area is 263 Å². The molecule has 2 aliphatic heterocycles. The molecule has 2 fully saturated rings. The van der Waals surface area contributed by atoms with Crippen LogP contribution in [0.2, 0.25) is 0 Å². The maximum atomic E-state index is 14.3. The van der Waals surface area contributed by atoms with E-state index in [9.17, 15) is 14.3 Å². The molecule has 11 heteroatoms. The second kappa shape index (κ2) is 14.5. The van der Waals surface area contributed by atoms with Gasteiger partial charge in [-0.25, -0.2) is 14.2 Å². The van der Waals surface area contributed by atoms with Gasteiger partial charge >= 0.3 is 5.97 Å². The number of nitriles is 1. The SMILES string of the molecule is CC1CCC(CN(C)c2cccc(OCc3ccc(C#N)cc3F)n2)N1CC(=Nc1ccc(C(=O)O)cc1)N(C)CC1CCO1. The number of likely N-dealkylation sites (tertiary alicyclic amines) is 1. The van der Waals surface area contributed by atoms with Crippen LogP contribution < -0.4 is 9.64 Å². The molecule has 0 spiro atoms. The Morgan fingerprint density at radius 2 is 1.93 bits per heavy atom. The van der Waals surface area contributed by atoms with Crippen LogP contribution in [0.1, 0.15) is 47.7 Å². The van der Waals surface area contributed by atoms with Gasteiger partial charge in [0.05, 0.1) is 35.5 Å². The van der Waals surface area contributed by atoms with Gasteiger partial charge in [-0.1, -0.05) is 12.1 Å². The van der Waals surface area contributed by atoms with E-state index < -0.39 is 11.8 Å². The molecule has 0 amide bonds. The molecule has 1 N–H and O–H groups in total. The molecule has 2 saturated heterocycles. The van der Waals surface area contributed by atoms with Crippen molar-refractivity contribution in [3.63, 3.8) is 0 Å². The summed E-state index contributed by atoms with van der Waals surface area (Å²) in [4.78, 5) is 27.7. The Balaban J connectivity index is 1.27. The number of carboxylic acid groups (broad SMARTS) is 1. The summed E-state index contributed by atoms with van der Waals surface area (Å²) < 4.78 is 25.8. The Kier molecular flexibility index (Phi) is 10.3. The summed E-state index contributed by atoms with van der Waals surface area (Å²) in [6.07, 6.45) is 3.29. The van der Waals surface area contributed by atoms with E-state index in [4.69, 9.17) is 19.7 Å². The molecule has 3 aromatic rings. The molecular weight excluding hydrogens is 575 g/mol. The fourth-order valence-electron chi connectivity index (χ4n) is 5.67. The maximum Gasteiger partial charge on any atom is 0.335 e. The quantitative estimate of drug-likeness (QED) is 0.220. The number of anilines is 1. The highest BCUT2D eigenvalue weighted by molar-refractivity contribution is 5.89. The zero-order valence-electron chi connectivity index (χ0n) is 25.9. The number of carbonyl (C=O) groups is 1. The van der Waals surface area contributed by atoms with Crippen molar-refractivity contribution in [2.75, 3.05) is 45.2 Å². The number of halogens is 1. The predicted molar refractivity (Wildman–Crippen MR) is 170 cm³/mol. The maximum absolute atomic E-state index is 14.3. The van der Waals surface area contributed by atoms with E-state index in [0.717, 1.165) is 50.6 Å². The second-order valence-corrected chi connectivity index (χ2v) is 11.7. The van der Waals surface area contributed by atoms with Gasteiger partial charge in [-0.3, -0.25) is 4.90 Å². The third-order valence-electron chi connectivity index (χ3n) is 8.50.